The Balaban J connectivity index is 1.58. The molecule has 0 radical (unpaired) electrons. The zero-order chi connectivity index (χ0) is 22.1. The number of nitrogens with one attached hydrogen (secondary N) is 1. The number of benzene rings is 1. The topological polar surface area (TPSA) is 90.0 Å². The van der Waals surface area contributed by atoms with Gasteiger partial charge in [0.25, 0.3) is 5.91 Å². The fraction of sp³-hybridized carbons (Fsp3) is 0.0870. The molecule has 0 aliphatic carbocycles. The maximum atomic E-state index is 13.0. The van der Waals surface area contributed by atoms with Gasteiger partial charge < -0.3 is 5.32 Å². The number of nitrogens with zero attached hydrogens (tertiary/aromatic N) is 6. The molecule has 0 fully saturated rings. The Bertz CT molecular complexity index is 1440. The van der Waals surface area contributed by atoms with E-state index in [2.05, 4.69) is 25.5 Å². The first kappa shape index (κ1) is 20.0. The standard InChI is InChI=1S/C23H19N7OS/c1-15-5-3-8-22(26-15)30-20(16-9-10-21-24-14-25-29(21)13-16)12-19(28-30)23(31)27-17-6-4-7-18(11-17)32-2/h3-14H,1-2H3,(H,27,31). The molecule has 0 unspecified atom stereocenters. The Morgan fingerprint density at radius 3 is 2.78 bits per heavy atom. The van der Waals surface area contributed by atoms with E-state index in [0.29, 0.717) is 5.82 Å². The summed E-state index contributed by atoms with van der Waals surface area (Å²) >= 11 is 1.62. The Morgan fingerprint density at radius 2 is 1.94 bits per heavy atom. The molecule has 1 amide bonds. The van der Waals surface area contributed by atoms with Crippen LogP contribution >= 0.6 is 11.8 Å². The second kappa shape index (κ2) is 8.27. The van der Waals surface area contributed by atoms with E-state index in [4.69, 9.17) is 0 Å². The molecule has 158 valence electrons. The zero-order valence-electron chi connectivity index (χ0n) is 17.4. The van der Waals surface area contributed by atoms with Crippen molar-refractivity contribution in [2.75, 3.05) is 11.6 Å². The minimum atomic E-state index is -0.294. The monoisotopic (exact) mass is 441 g/mol. The second-order valence-corrected chi connectivity index (χ2v) is 8.01. The summed E-state index contributed by atoms with van der Waals surface area (Å²) < 4.78 is 3.36. The molecule has 0 atom stereocenters. The molecule has 4 aromatic heterocycles. The Labute approximate surface area is 188 Å². The summed E-state index contributed by atoms with van der Waals surface area (Å²) in [5.41, 5.74) is 4.16. The van der Waals surface area contributed by atoms with E-state index in [-0.39, 0.29) is 11.6 Å². The van der Waals surface area contributed by atoms with Crippen molar-refractivity contribution in [3.63, 3.8) is 0 Å². The first-order valence-electron chi connectivity index (χ1n) is 9.90. The number of pyridine rings is 2. The Morgan fingerprint density at radius 1 is 1.06 bits per heavy atom. The van der Waals surface area contributed by atoms with Crippen LogP contribution in [0.3, 0.4) is 0 Å². The second-order valence-electron chi connectivity index (χ2n) is 7.13. The molecular formula is C23H19N7OS. The molecule has 0 bridgehead atoms. The number of aromatic nitrogens is 6. The van der Waals surface area contributed by atoms with E-state index >= 15 is 0 Å². The SMILES string of the molecule is CSc1cccc(NC(=O)c2cc(-c3ccc4ncnn4c3)n(-c3cccc(C)n3)n2)c1. The maximum absolute atomic E-state index is 13.0. The molecule has 4 heterocycles. The predicted molar refractivity (Wildman–Crippen MR) is 124 cm³/mol. The number of carbonyl (C=O) groups excluding carboxylic acids is 1. The summed E-state index contributed by atoms with van der Waals surface area (Å²) in [4.78, 5) is 22.9. The van der Waals surface area contributed by atoms with E-state index in [1.54, 1.807) is 27.0 Å². The molecule has 5 aromatic rings. The van der Waals surface area contributed by atoms with E-state index in [9.17, 15) is 4.79 Å². The minimum absolute atomic E-state index is 0.288. The fourth-order valence-corrected chi connectivity index (χ4v) is 3.84. The number of anilines is 1. The molecule has 0 aliphatic rings. The third-order valence-electron chi connectivity index (χ3n) is 4.93. The van der Waals surface area contributed by atoms with Crippen LogP contribution in [0.2, 0.25) is 0 Å². The average molecular weight is 442 g/mol. The summed E-state index contributed by atoms with van der Waals surface area (Å²) in [5.74, 6) is 0.333. The van der Waals surface area contributed by atoms with Crippen molar-refractivity contribution in [1.82, 2.24) is 29.4 Å². The number of amides is 1. The van der Waals surface area contributed by atoms with Crippen molar-refractivity contribution in [2.24, 2.45) is 0 Å². The molecule has 0 saturated heterocycles. The highest BCUT2D eigenvalue weighted by molar-refractivity contribution is 7.98. The van der Waals surface area contributed by atoms with Crippen molar-refractivity contribution >= 4 is 29.0 Å². The molecule has 0 aliphatic heterocycles. The van der Waals surface area contributed by atoms with Gasteiger partial charge in [0.2, 0.25) is 0 Å². The van der Waals surface area contributed by atoms with Gasteiger partial charge in [-0.3, -0.25) is 4.79 Å². The third kappa shape index (κ3) is 3.85. The van der Waals surface area contributed by atoms with Crippen LogP contribution in [0, 0.1) is 6.92 Å². The van der Waals surface area contributed by atoms with Crippen molar-refractivity contribution in [3.05, 3.63) is 84.6 Å². The Hall–Kier alpha value is -3.98. The van der Waals surface area contributed by atoms with E-state index < -0.39 is 0 Å². The smallest absolute Gasteiger partial charge is 0.276 e. The molecule has 32 heavy (non-hydrogen) atoms. The number of hydrogen-bond acceptors (Lipinski definition) is 6. The summed E-state index contributed by atoms with van der Waals surface area (Å²) in [6, 6.07) is 19.0. The van der Waals surface area contributed by atoms with Crippen LogP contribution in [0.4, 0.5) is 5.69 Å². The van der Waals surface area contributed by atoms with Crippen molar-refractivity contribution in [1.29, 1.82) is 0 Å². The highest BCUT2D eigenvalue weighted by Crippen LogP contribution is 2.25. The van der Waals surface area contributed by atoms with Gasteiger partial charge in [-0.05, 0) is 61.7 Å². The molecule has 8 nitrogen and oxygen atoms in total. The van der Waals surface area contributed by atoms with Gasteiger partial charge in [0.1, 0.15) is 6.33 Å². The number of fused-ring (bicyclic) bond motifs is 1. The van der Waals surface area contributed by atoms with Crippen LogP contribution in [0.15, 0.2) is 78.1 Å². The van der Waals surface area contributed by atoms with E-state index in [1.165, 1.54) is 6.33 Å². The van der Waals surface area contributed by atoms with Gasteiger partial charge in [-0.15, -0.1) is 11.8 Å². The summed E-state index contributed by atoms with van der Waals surface area (Å²) in [6.07, 6.45) is 5.35. The lowest BCUT2D eigenvalue weighted by Crippen LogP contribution is -2.13. The lowest BCUT2D eigenvalue weighted by atomic mass is 10.2. The molecule has 1 aromatic carbocycles. The largest absolute Gasteiger partial charge is 0.321 e. The highest BCUT2D eigenvalue weighted by Gasteiger charge is 2.18. The highest BCUT2D eigenvalue weighted by atomic mass is 32.2. The summed E-state index contributed by atoms with van der Waals surface area (Å²) in [6.45, 7) is 1.92. The van der Waals surface area contributed by atoms with E-state index in [1.807, 2.05) is 74.0 Å². The van der Waals surface area contributed by atoms with Gasteiger partial charge in [-0.1, -0.05) is 12.1 Å². The van der Waals surface area contributed by atoms with Gasteiger partial charge in [0, 0.05) is 28.0 Å². The van der Waals surface area contributed by atoms with E-state index in [0.717, 1.165) is 33.2 Å². The number of carbonyl (C=O) groups is 1. The van der Waals surface area contributed by atoms with Gasteiger partial charge >= 0.3 is 0 Å². The number of aryl methyl sites for hydroxylation is 1. The van der Waals surface area contributed by atoms with Crippen LogP contribution in [0.25, 0.3) is 22.7 Å². The lowest BCUT2D eigenvalue weighted by molar-refractivity contribution is 0.102. The normalized spacial score (nSPS) is 11.1. The van der Waals surface area contributed by atoms with Crippen LogP contribution < -0.4 is 5.32 Å². The van der Waals surface area contributed by atoms with Gasteiger partial charge in [0.05, 0.1) is 5.69 Å². The minimum Gasteiger partial charge on any atom is -0.321 e. The van der Waals surface area contributed by atoms with Gasteiger partial charge in [-0.25, -0.2) is 19.2 Å². The van der Waals surface area contributed by atoms with Crippen LogP contribution in [-0.2, 0) is 0 Å². The number of thioether (sulfide) groups is 1. The van der Waals surface area contributed by atoms with Crippen molar-refractivity contribution in [3.8, 4) is 17.1 Å². The first-order chi connectivity index (χ1) is 15.6. The number of rotatable bonds is 5. The quantitative estimate of drug-likeness (QED) is 0.410. The van der Waals surface area contributed by atoms with Gasteiger partial charge in [-0.2, -0.15) is 10.2 Å². The first-order valence-corrected chi connectivity index (χ1v) is 11.1. The van der Waals surface area contributed by atoms with Crippen molar-refractivity contribution in [2.45, 2.75) is 11.8 Å². The summed E-state index contributed by atoms with van der Waals surface area (Å²) in [7, 11) is 0. The maximum Gasteiger partial charge on any atom is 0.276 e. The average Bonchev–Trinajstić information content (AvgIpc) is 3.46. The fourth-order valence-electron chi connectivity index (χ4n) is 3.38. The lowest BCUT2D eigenvalue weighted by Gasteiger charge is -2.07. The molecule has 1 N–H and O–H groups in total. The van der Waals surface area contributed by atoms with Crippen LogP contribution in [0.1, 0.15) is 16.2 Å². The molecule has 5 rings (SSSR count). The zero-order valence-corrected chi connectivity index (χ0v) is 18.2. The van der Waals surface area contributed by atoms with Crippen LogP contribution in [-0.4, -0.2) is 41.5 Å². The van der Waals surface area contributed by atoms with Gasteiger partial charge in [0.15, 0.2) is 17.2 Å². The Kier molecular flexibility index (Phi) is 5.16. The van der Waals surface area contributed by atoms with Crippen LogP contribution in [0.5, 0.6) is 0 Å². The molecule has 9 heteroatoms. The molecule has 0 saturated carbocycles. The summed E-state index contributed by atoms with van der Waals surface area (Å²) in [5, 5.41) is 11.7. The molecular weight excluding hydrogens is 422 g/mol. The molecule has 0 spiro atoms. The number of hydrogen-bond donors (Lipinski definition) is 1. The van der Waals surface area contributed by atoms with Crippen molar-refractivity contribution < 1.29 is 4.79 Å². The predicted octanol–water partition coefficient (Wildman–Crippen LogP) is 4.26. The third-order valence-corrected chi connectivity index (χ3v) is 5.66.